The van der Waals surface area contributed by atoms with Gasteiger partial charge in [0.1, 0.15) is 5.82 Å². The number of aryl methyl sites for hydroxylation is 1. The van der Waals surface area contributed by atoms with E-state index in [2.05, 4.69) is 15.6 Å². The molecule has 4 nitrogen and oxygen atoms in total. The van der Waals surface area contributed by atoms with Gasteiger partial charge >= 0.3 is 0 Å². The first-order valence-corrected chi connectivity index (χ1v) is 7.68. The SMILES string of the molecule is Cc1ccc(C(=O)Nc2ccc(Nc3ccc(F)c(F)c3F)nc2)cc1. The number of hydrogen-bond donors (Lipinski definition) is 2. The molecule has 1 heterocycles. The van der Waals surface area contributed by atoms with Crippen LogP contribution < -0.4 is 10.6 Å². The van der Waals surface area contributed by atoms with Gasteiger partial charge in [0.05, 0.1) is 17.6 Å². The monoisotopic (exact) mass is 357 g/mol. The summed E-state index contributed by atoms with van der Waals surface area (Å²) in [4.78, 5) is 16.2. The number of anilines is 3. The lowest BCUT2D eigenvalue weighted by Gasteiger charge is -2.09. The van der Waals surface area contributed by atoms with Crippen molar-refractivity contribution in [1.29, 1.82) is 0 Å². The van der Waals surface area contributed by atoms with E-state index in [9.17, 15) is 18.0 Å². The zero-order valence-electron chi connectivity index (χ0n) is 13.7. The van der Waals surface area contributed by atoms with Crippen molar-refractivity contribution < 1.29 is 18.0 Å². The summed E-state index contributed by atoms with van der Waals surface area (Å²) in [7, 11) is 0. The van der Waals surface area contributed by atoms with E-state index in [4.69, 9.17) is 0 Å². The quantitative estimate of drug-likeness (QED) is 0.659. The Bertz CT molecular complexity index is 941. The molecule has 0 spiro atoms. The summed E-state index contributed by atoms with van der Waals surface area (Å²) in [5.41, 5.74) is 1.74. The van der Waals surface area contributed by atoms with Crippen LogP contribution in [0.15, 0.2) is 54.7 Å². The number of aromatic nitrogens is 1. The second-order valence-electron chi connectivity index (χ2n) is 5.60. The lowest BCUT2D eigenvalue weighted by Crippen LogP contribution is -2.12. The average Bonchev–Trinajstić information content (AvgIpc) is 2.64. The molecule has 0 saturated heterocycles. The van der Waals surface area contributed by atoms with Crippen LogP contribution >= 0.6 is 0 Å². The number of nitrogens with zero attached hydrogens (tertiary/aromatic N) is 1. The molecule has 2 aromatic carbocycles. The fourth-order valence-electron chi connectivity index (χ4n) is 2.21. The number of rotatable bonds is 4. The Morgan fingerprint density at radius 3 is 2.31 bits per heavy atom. The smallest absolute Gasteiger partial charge is 0.255 e. The largest absolute Gasteiger partial charge is 0.338 e. The van der Waals surface area contributed by atoms with Crippen LogP contribution in [0.4, 0.5) is 30.4 Å². The summed E-state index contributed by atoms with van der Waals surface area (Å²) >= 11 is 0. The Morgan fingerprint density at radius 2 is 1.65 bits per heavy atom. The zero-order chi connectivity index (χ0) is 18.7. The molecule has 0 saturated carbocycles. The molecule has 132 valence electrons. The number of hydrogen-bond acceptors (Lipinski definition) is 3. The van der Waals surface area contributed by atoms with E-state index < -0.39 is 17.5 Å². The number of pyridine rings is 1. The number of nitrogens with one attached hydrogen (secondary N) is 2. The van der Waals surface area contributed by atoms with Gasteiger partial charge in [-0.2, -0.15) is 0 Å². The minimum absolute atomic E-state index is 0.211. The standard InChI is InChI=1S/C19H14F3N3O/c1-11-2-4-12(5-3-11)19(26)24-13-6-9-16(23-10-13)25-15-8-7-14(20)17(21)18(15)22/h2-10H,1H3,(H,23,25)(H,24,26). The molecule has 3 aromatic rings. The minimum Gasteiger partial charge on any atom is -0.338 e. The number of benzene rings is 2. The minimum atomic E-state index is -1.56. The van der Waals surface area contributed by atoms with Gasteiger partial charge in [0.25, 0.3) is 5.91 Å². The first-order valence-electron chi connectivity index (χ1n) is 7.68. The van der Waals surface area contributed by atoms with Crippen LogP contribution in [0.25, 0.3) is 0 Å². The molecule has 0 aliphatic heterocycles. The molecule has 0 bridgehead atoms. The molecule has 0 radical (unpaired) electrons. The number of halogens is 3. The van der Waals surface area contributed by atoms with E-state index in [0.717, 1.165) is 17.7 Å². The molecule has 26 heavy (non-hydrogen) atoms. The molecule has 0 unspecified atom stereocenters. The second kappa shape index (κ2) is 7.26. The molecular formula is C19H14F3N3O. The number of amides is 1. The second-order valence-corrected chi connectivity index (χ2v) is 5.60. The third-order valence-electron chi connectivity index (χ3n) is 3.63. The van der Waals surface area contributed by atoms with Crippen LogP contribution in [0.2, 0.25) is 0 Å². The molecule has 0 atom stereocenters. The van der Waals surface area contributed by atoms with Gasteiger partial charge in [0.2, 0.25) is 0 Å². The van der Waals surface area contributed by atoms with Gasteiger partial charge in [-0.1, -0.05) is 17.7 Å². The van der Waals surface area contributed by atoms with Crippen LogP contribution in [0.5, 0.6) is 0 Å². The Hall–Kier alpha value is -3.35. The summed E-state index contributed by atoms with van der Waals surface area (Å²) in [6.45, 7) is 1.92. The van der Waals surface area contributed by atoms with Crippen LogP contribution in [0.1, 0.15) is 15.9 Å². The van der Waals surface area contributed by atoms with Crippen LogP contribution in [0.3, 0.4) is 0 Å². The molecule has 7 heteroatoms. The fourth-order valence-corrected chi connectivity index (χ4v) is 2.21. The first-order chi connectivity index (χ1) is 12.4. The molecule has 0 fully saturated rings. The maximum atomic E-state index is 13.7. The zero-order valence-corrected chi connectivity index (χ0v) is 13.7. The maximum absolute atomic E-state index is 13.7. The predicted molar refractivity (Wildman–Crippen MR) is 93.0 cm³/mol. The van der Waals surface area contributed by atoms with Gasteiger partial charge < -0.3 is 10.6 Å². The van der Waals surface area contributed by atoms with Gasteiger partial charge in [-0.25, -0.2) is 18.2 Å². The molecule has 1 amide bonds. The van der Waals surface area contributed by atoms with E-state index in [1.165, 1.54) is 12.3 Å². The highest BCUT2D eigenvalue weighted by Gasteiger charge is 2.13. The molecular weight excluding hydrogens is 343 g/mol. The van der Waals surface area contributed by atoms with Crippen LogP contribution in [-0.4, -0.2) is 10.9 Å². The Labute approximate surface area is 147 Å². The third-order valence-corrected chi connectivity index (χ3v) is 3.63. The maximum Gasteiger partial charge on any atom is 0.255 e. The predicted octanol–water partition coefficient (Wildman–Crippen LogP) is 4.80. The van der Waals surface area contributed by atoms with Gasteiger partial charge in [-0.15, -0.1) is 0 Å². The fraction of sp³-hybridized carbons (Fsp3) is 0.0526. The van der Waals surface area contributed by atoms with Gasteiger partial charge in [-0.05, 0) is 43.3 Å². The molecule has 1 aromatic heterocycles. The Morgan fingerprint density at radius 1 is 0.923 bits per heavy atom. The summed E-state index contributed by atoms with van der Waals surface area (Å²) in [5.74, 6) is -4.24. The lowest BCUT2D eigenvalue weighted by atomic mass is 10.1. The molecule has 0 aliphatic carbocycles. The summed E-state index contributed by atoms with van der Waals surface area (Å²) in [5, 5.41) is 5.24. The van der Waals surface area contributed by atoms with Crippen molar-refractivity contribution in [3.05, 3.63) is 83.3 Å². The summed E-state index contributed by atoms with van der Waals surface area (Å²) in [6, 6.07) is 12.0. The van der Waals surface area contributed by atoms with Crippen molar-refractivity contribution in [2.24, 2.45) is 0 Å². The van der Waals surface area contributed by atoms with Crippen molar-refractivity contribution in [3.63, 3.8) is 0 Å². The Kier molecular flexibility index (Phi) is 4.88. The summed E-state index contributed by atoms with van der Waals surface area (Å²) < 4.78 is 39.8. The van der Waals surface area contributed by atoms with E-state index in [-0.39, 0.29) is 17.4 Å². The highest BCUT2D eigenvalue weighted by atomic mass is 19.2. The lowest BCUT2D eigenvalue weighted by molar-refractivity contribution is 0.102. The molecule has 2 N–H and O–H groups in total. The van der Waals surface area contributed by atoms with E-state index in [0.29, 0.717) is 11.3 Å². The van der Waals surface area contributed by atoms with E-state index >= 15 is 0 Å². The van der Waals surface area contributed by atoms with E-state index in [1.807, 2.05) is 19.1 Å². The van der Waals surface area contributed by atoms with Crippen LogP contribution in [-0.2, 0) is 0 Å². The molecule has 0 aliphatic rings. The number of carbonyl (C=O) groups is 1. The highest BCUT2D eigenvalue weighted by molar-refractivity contribution is 6.04. The normalized spacial score (nSPS) is 10.5. The van der Waals surface area contributed by atoms with Crippen molar-refractivity contribution in [3.8, 4) is 0 Å². The topological polar surface area (TPSA) is 54.0 Å². The van der Waals surface area contributed by atoms with Crippen molar-refractivity contribution >= 4 is 23.1 Å². The van der Waals surface area contributed by atoms with E-state index in [1.54, 1.807) is 18.2 Å². The summed E-state index contributed by atoms with van der Waals surface area (Å²) in [6.07, 6.45) is 1.37. The highest BCUT2D eigenvalue weighted by Crippen LogP contribution is 2.23. The van der Waals surface area contributed by atoms with Crippen molar-refractivity contribution in [1.82, 2.24) is 4.98 Å². The Balaban J connectivity index is 1.70. The van der Waals surface area contributed by atoms with Gasteiger partial charge in [0.15, 0.2) is 17.5 Å². The number of carbonyl (C=O) groups excluding carboxylic acids is 1. The van der Waals surface area contributed by atoms with Crippen molar-refractivity contribution in [2.45, 2.75) is 6.92 Å². The molecule has 3 rings (SSSR count). The average molecular weight is 357 g/mol. The van der Waals surface area contributed by atoms with Crippen molar-refractivity contribution in [2.75, 3.05) is 10.6 Å². The van der Waals surface area contributed by atoms with Crippen LogP contribution in [0, 0.1) is 24.4 Å². The first kappa shape index (κ1) is 17.5. The third kappa shape index (κ3) is 3.83. The van der Waals surface area contributed by atoms with Gasteiger partial charge in [-0.3, -0.25) is 4.79 Å². The van der Waals surface area contributed by atoms with Gasteiger partial charge in [0, 0.05) is 5.56 Å².